The molecule has 188 valence electrons. The average molecular weight is 522 g/mol. The number of pyridine rings is 1. The van der Waals surface area contributed by atoms with Gasteiger partial charge < -0.3 is 29.6 Å². The topological polar surface area (TPSA) is 141 Å². The Balaban J connectivity index is 1.56. The lowest BCUT2D eigenvalue weighted by Gasteiger charge is -2.31. The van der Waals surface area contributed by atoms with Crippen LogP contribution in [0.2, 0.25) is 0 Å². The van der Waals surface area contributed by atoms with Crippen LogP contribution in [0.4, 0.5) is 11.4 Å². The number of carbonyl (C=O) groups is 2. The number of carbonyl (C=O) groups excluding carboxylic acids is 2. The predicted octanol–water partition coefficient (Wildman–Crippen LogP) is 0.0334. The van der Waals surface area contributed by atoms with Gasteiger partial charge in [0.1, 0.15) is 5.03 Å². The number of hydrogen-bond acceptors (Lipinski definition) is 10. The summed E-state index contributed by atoms with van der Waals surface area (Å²) in [5.74, 6) is -1.93. The van der Waals surface area contributed by atoms with Gasteiger partial charge in [-0.25, -0.2) is 13.4 Å². The van der Waals surface area contributed by atoms with Crippen molar-refractivity contribution in [1.29, 1.82) is 0 Å². The zero-order chi connectivity index (χ0) is 24.8. The normalized spacial score (nSPS) is 17.2. The zero-order valence-electron chi connectivity index (χ0n) is 18.8. The maximum absolute atomic E-state index is 13.2. The monoisotopic (exact) mass is 521 g/mol. The molecule has 2 aliphatic rings. The van der Waals surface area contributed by atoms with Gasteiger partial charge in [0.15, 0.2) is 0 Å². The van der Waals surface area contributed by atoms with Gasteiger partial charge in [-0.15, -0.1) is 0 Å². The molecule has 2 aliphatic heterocycles. The highest BCUT2D eigenvalue weighted by Crippen LogP contribution is 2.31. The number of anilines is 2. The second-order valence-electron chi connectivity index (χ2n) is 7.78. The molecule has 1 aromatic heterocycles. The second-order valence-corrected chi connectivity index (χ2v) is 10.7. The lowest BCUT2D eigenvalue weighted by molar-refractivity contribution is -0.255. The van der Waals surface area contributed by atoms with Gasteiger partial charge in [0, 0.05) is 37.9 Å². The van der Waals surface area contributed by atoms with Crippen molar-refractivity contribution in [2.75, 3.05) is 68.6 Å². The van der Waals surface area contributed by atoms with E-state index in [2.05, 4.69) is 10.3 Å². The largest absolute Gasteiger partial charge is 0.545 e. The molecule has 0 radical (unpaired) electrons. The van der Waals surface area contributed by atoms with E-state index in [1.165, 1.54) is 28.7 Å². The Hall–Kier alpha value is -2.71. The van der Waals surface area contributed by atoms with Crippen LogP contribution in [0.15, 0.2) is 46.5 Å². The van der Waals surface area contributed by atoms with Crippen molar-refractivity contribution in [3.8, 4) is 0 Å². The Labute approximate surface area is 207 Å². The number of aromatic nitrogens is 1. The van der Waals surface area contributed by atoms with Crippen molar-refractivity contribution in [1.82, 2.24) is 9.29 Å². The molecule has 35 heavy (non-hydrogen) atoms. The third kappa shape index (κ3) is 6.11. The van der Waals surface area contributed by atoms with Crippen LogP contribution in [0.25, 0.3) is 0 Å². The number of rotatable bonds is 8. The number of hydrogen-bond donors (Lipinski definition) is 1. The van der Waals surface area contributed by atoms with Crippen LogP contribution in [0.3, 0.4) is 0 Å². The van der Waals surface area contributed by atoms with E-state index in [-0.39, 0.29) is 34.3 Å². The molecule has 2 aromatic rings. The third-order valence-corrected chi connectivity index (χ3v) is 8.43. The van der Waals surface area contributed by atoms with E-state index >= 15 is 0 Å². The number of aromatic carboxylic acids is 1. The predicted molar refractivity (Wildman–Crippen MR) is 127 cm³/mol. The molecule has 2 fully saturated rings. The fourth-order valence-electron chi connectivity index (χ4n) is 3.77. The number of ether oxygens (including phenoxy) is 2. The SMILES string of the molecule is O=C(CSc1ncccc1C(=O)[O-])Nc1cc(S(=O)(=O)N2CCOCC2)ccc1N1CCOCC1. The highest BCUT2D eigenvalue weighted by molar-refractivity contribution is 8.00. The van der Waals surface area contributed by atoms with Gasteiger partial charge in [-0.2, -0.15) is 4.31 Å². The van der Waals surface area contributed by atoms with Crippen LogP contribution in [0, 0.1) is 0 Å². The van der Waals surface area contributed by atoms with Crippen LogP contribution in [-0.2, 0) is 24.3 Å². The van der Waals surface area contributed by atoms with E-state index < -0.39 is 21.9 Å². The number of carboxylic acid groups (broad SMARTS) is 1. The van der Waals surface area contributed by atoms with Crippen molar-refractivity contribution in [3.05, 3.63) is 42.1 Å². The summed E-state index contributed by atoms with van der Waals surface area (Å²) in [6.07, 6.45) is 1.43. The van der Waals surface area contributed by atoms with E-state index in [9.17, 15) is 23.1 Å². The Kier molecular flexibility index (Phi) is 8.23. The summed E-state index contributed by atoms with van der Waals surface area (Å²) in [7, 11) is -3.77. The zero-order valence-corrected chi connectivity index (χ0v) is 20.5. The molecule has 0 bridgehead atoms. The highest BCUT2D eigenvalue weighted by atomic mass is 32.2. The molecule has 2 saturated heterocycles. The highest BCUT2D eigenvalue weighted by Gasteiger charge is 2.28. The first-order valence-electron chi connectivity index (χ1n) is 11.0. The fraction of sp³-hybridized carbons (Fsp3) is 0.409. The molecule has 1 N–H and O–H groups in total. The van der Waals surface area contributed by atoms with Gasteiger partial charge in [0.2, 0.25) is 15.9 Å². The van der Waals surface area contributed by atoms with Crippen molar-refractivity contribution in [3.63, 3.8) is 0 Å². The minimum atomic E-state index is -3.77. The Morgan fingerprint density at radius 2 is 1.74 bits per heavy atom. The maximum atomic E-state index is 13.2. The summed E-state index contributed by atoms with van der Waals surface area (Å²) in [4.78, 5) is 30.2. The molecule has 11 nitrogen and oxygen atoms in total. The molecule has 0 spiro atoms. The average Bonchev–Trinajstić information content (AvgIpc) is 2.88. The summed E-state index contributed by atoms with van der Waals surface area (Å²) < 4.78 is 38.4. The fourth-order valence-corrected chi connectivity index (χ4v) is 5.99. The molecular weight excluding hydrogens is 496 g/mol. The molecule has 0 aliphatic carbocycles. The van der Waals surface area contributed by atoms with E-state index in [0.717, 1.165) is 11.8 Å². The van der Waals surface area contributed by atoms with E-state index in [4.69, 9.17) is 9.47 Å². The van der Waals surface area contributed by atoms with Crippen LogP contribution in [0.1, 0.15) is 10.4 Å². The number of benzene rings is 1. The van der Waals surface area contributed by atoms with Crippen molar-refractivity contribution >= 4 is 45.0 Å². The van der Waals surface area contributed by atoms with Gasteiger partial charge in [-0.1, -0.05) is 11.8 Å². The Morgan fingerprint density at radius 1 is 1.06 bits per heavy atom. The molecule has 1 amide bonds. The van der Waals surface area contributed by atoms with Gasteiger partial charge >= 0.3 is 0 Å². The van der Waals surface area contributed by atoms with Gasteiger partial charge in [-0.3, -0.25) is 4.79 Å². The first-order chi connectivity index (χ1) is 16.9. The van der Waals surface area contributed by atoms with Crippen molar-refractivity contribution in [2.45, 2.75) is 9.92 Å². The number of thioether (sulfide) groups is 1. The van der Waals surface area contributed by atoms with Gasteiger partial charge in [0.05, 0.1) is 54.4 Å². The molecule has 3 heterocycles. The first kappa shape index (κ1) is 25.4. The standard InChI is InChI=1S/C22H26N4O7S2/c27-20(15-34-21-17(22(28)29)2-1-5-23-21)24-18-14-16(35(30,31)26-8-12-33-13-9-26)3-4-19(18)25-6-10-32-11-7-25/h1-5,14H,6-13,15H2,(H,24,27)(H,28,29)/p-1. The summed E-state index contributed by atoms with van der Waals surface area (Å²) in [5, 5.41) is 14.3. The van der Waals surface area contributed by atoms with E-state index in [1.807, 2.05) is 4.90 Å². The molecule has 1 aromatic carbocycles. The van der Waals surface area contributed by atoms with Crippen molar-refractivity contribution in [2.24, 2.45) is 0 Å². The molecule has 13 heteroatoms. The number of nitrogens with one attached hydrogen (secondary N) is 1. The van der Waals surface area contributed by atoms with Crippen LogP contribution in [-0.4, -0.2) is 87.9 Å². The maximum Gasteiger partial charge on any atom is 0.243 e. The Bertz CT molecular complexity index is 1180. The summed E-state index contributed by atoms with van der Waals surface area (Å²) in [5.41, 5.74) is 0.937. The van der Waals surface area contributed by atoms with E-state index in [1.54, 1.807) is 12.1 Å². The quantitative estimate of drug-likeness (QED) is 0.473. The molecule has 0 atom stereocenters. The van der Waals surface area contributed by atoms with Crippen LogP contribution in [0.5, 0.6) is 0 Å². The second kappa shape index (κ2) is 11.4. The lowest BCUT2D eigenvalue weighted by atomic mass is 10.2. The number of sulfonamides is 1. The number of amides is 1. The number of carboxylic acids is 1. The third-order valence-electron chi connectivity index (χ3n) is 5.53. The van der Waals surface area contributed by atoms with E-state index in [0.29, 0.717) is 50.9 Å². The van der Waals surface area contributed by atoms with Crippen molar-refractivity contribution < 1.29 is 32.6 Å². The van der Waals surface area contributed by atoms with Crippen LogP contribution < -0.4 is 15.3 Å². The minimum absolute atomic E-state index is 0.0725. The number of morpholine rings is 2. The summed E-state index contributed by atoms with van der Waals surface area (Å²) >= 11 is 0.959. The summed E-state index contributed by atoms with van der Waals surface area (Å²) in [6, 6.07) is 7.53. The lowest BCUT2D eigenvalue weighted by Crippen LogP contribution is -2.40. The minimum Gasteiger partial charge on any atom is -0.545 e. The van der Waals surface area contributed by atoms with Crippen LogP contribution >= 0.6 is 11.8 Å². The number of nitrogens with zero attached hydrogens (tertiary/aromatic N) is 3. The summed E-state index contributed by atoms with van der Waals surface area (Å²) in [6.45, 7) is 3.39. The molecule has 0 saturated carbocycles. The van der Waals surface area contributed by atoms with Gasteiger partial charge in [-0.05, 0) is 30.3 Å². The molecule has 0 unspecified atom stereocenters. The smallest absolute Gasteiger partial charge is 0.243 e. The Morgan fingerprint density at radius 3 is 2.43 bits per heavy atom. The van der Waals surface area contributed by atoms with Gasteiger partial charge in [0.25, 0.3) is 0 Å². The first-order valence-corrected chi connectivity index (χ1v) is 13.4. The molecular formula is C22H25N4O7S2-. The molecule has 4 rings (SSSR count).